The van der Waals surface area contributed by atoms with Gasteiger partial charge in [0.1, 0.15) is 5.54 Å². The van der Waals surface area contributed by atoms with Crippen molar-refractivity contribution in [1.82, 2.24) is 9.88 Å². The molecule has 1 aromatic rings. The zero-order chi connectivity index (χ0) is 13.5. The number of oxazole rings is 1. The van der Waals surface area contributed by atoms with Crippen molar-refractivity contribution >= 4 is 17.5 Å². The van der Waals surface area contributed by atoms with Crippen molar-refractivity contribution in [2.24, 2.45) is 0 Å². The average molecular weight is 283 g/mol. The third kappa shape index (κ3) is 1.88. The molecule has 1 spiro atoms. The monoisotopic (exact) mass is 282 g/mol. The molecule has 4 nitrogen and oxygen atoms in total. The van der Waals surface area contributed by atoms with Gasteiger partial charge in [0.05, 0.1) is 0 Å². The Labute approximate surface area is 118 Å². The van der Waals surface area contributed by atoms with Gasteiger partial charge in [0.25, 0.3) is 5.91 Å². The van der Waals surface area contributed by atoms with Crippen LogP contribution in [0.25, 0.3) is 0 Å². The van der Waals surface area contributed by atoms with Crippen LogP contribution in [0.4, 0.5) is 0 Å². The Kier molecular flexibility index (Phi) is 3.29. The molecule has 1 aliphatic heterocycles. The molecule has 0 saturated heterocycles. The van der Waals surface area contributed by atoms with Crippen LogP contribution in [0.1, 0.15) is 60.7 Å². The molecule has 19 heavy (non-hydrogen) atoms. The van der Waals surface area contributed by atoms with Gasteiger partial charge in [0.2, 0.25) is 0 Å². The lowest BCUT2D eigenvalue weighted by Gasteiger charge is -2.38. The molecule has 0 atom stereocenters. The van der Waals surface area contributed by atoms with Gasteiger partial charge in [0, 0.05) is 19.3 Å². The fourth-order valence-corrected chi connectivity index (χ4v) is 3.49. The number of aryl methyl sites for hydroxylation is 1. The van der Waals surface area contributed by atoms with Gasteiger partial charge in [-0.2, -0.15) is 0 Å². The van der Waals surface area contributed by atoms with Gasteiger partial charge in [-0.25, -0.2) is 4.98 Å². The van der Waals surface area contributed by atoms with Gasteiger partial charge >= 0.3 is 0 Å². The summed E-state index contributed by atoms with van der Waals surface area (Å²) in [4.78, 5) is 18.6. The molecule has 0 bridgehead atoms. The fourth-order valence-electron chi connectivity index (χ4n) is 3.35. The van der Waals surface area contributed by atoms with E-state index in [0.29, 0.717) is 23.9 Å². The molecule has 0 aromatic carbocycles. The van der Waals surface area contributed by atoms with Crippen LogP contribution >= 0.6 is 11.6 Å². The highest BCUT2D eigenvalue weighted by atomic mass is 35.5. The number of carbonyl (C=O) groups excluding carboxylic acids is 1. The van der Waals surface area contributed by atoms with Crippen LogP contribution in [-0.2, 0) is 12.0 Å². The maximum atomic E-state index is 12.3. The van der Waals surface area contributed by atoms with Crippen molar-refractivity contribution < 1.29 is 9.21 Å². The summed E-state index contributed by atoms with van der Waals surface area (Å²) in [5.41, 5.74) is 0.311. The first-order valence-electron chi connectivity index (χ1n) is 7.03. The second-order valence-corrected chi connectivity index (χ2v) is 5.91. The molecule has 2 aliphatic rings. The Balaban J connectivity index is 1.96. The Morgan fingerprint density at radius 2 is 2.11 bits per heavy atom. The lowest BCUT2D eigenvalue weighted by Crippen LogP contribution is -2.42. The first-order chi connectivity index (χ1) is 9.19. The summed E-state index contributed by atoms with van der Waals surface area (Å²) in [5.74, 6) is 2.07. The van der Waals surface area contributed by atoms with Crippen LogP contribution in [0.15, 0.2) is 4.42 Å². The normalized spacial score (nSPS) is 21.2. The van der Waals surface area contributed by atoms with Gasteiger partial charge in [-0.1, -0.05) is 19.3 Å². The maximum absolute atomic E-state index is 12.3. The van der Waals surface area contributed by atoms with E-state index in [1.807, 2.05) is 11.9 Å². The van der Waals surface area contributed by atoms with Gasteiger partial charge in [-0.3, -0.25) is 4.79 Å². The number of hydrogen-bond acceptors (Lipinski definition) is 3. The van der Waals surface area contributed by atoms with E-state index in [9.17, 15) is 4.79 Å². The quantitative estimate of drug-likeness (QED) is 0.801. The topological polar surface area (TPSA) is 46.3 Å². The van der Waals surface area contributed by atoms with E-state index in [4.69, 9.17) is 16.0 Å². The van der Waals surface area contributed by atoms with Gasteiger partial charge in [0.15, 0.2) is 17.3 Å². The number of halogens is 1. The third-order valence-electron chi connectivity index (χ3n) is 4.45. The number of carbonyl (C=O) groups is 1. The zero-order valence-corrected chi connectivity index (χ0v) is 12.0. The largest absolute Gasteiger partial charge is 0.442 e. The Morgan fingerprint density at radius 3 is 2.79 bits per heavy atom. The molecular formula is C14H19ClN2O2. The van der Waals surface area contributed by atoms with Crippen LogP contribution in [0.2, 0.25) is 0 Å². The van der Waals surface area contributed by atoms with E-state index >= 15 is 0 Å². The highest BCUT2D eigenvalue weighted by Crippen LogP contribution is 2.48. The Morgan fingerprint density at radius 1 is 1.37 bits per heavy atom. The van der Waals surface area contributed by atoms with Crippen molar-refractivity contribution in [3.8, 4) is 0 Å². The number of alkyl halides is 1. The van der Waals surface area contributed by atoms with E-state index < -0.39 is 0 Å². The van der Waals surface area contributed by atoms with Gasteiger partial charge in [-0.05, 0) is 19.3 Å². The molecule has 1 saturated carbocycles. The predicted molar refractivity (Wildman–Crippen MR) is 72.4 cm³/mol. The molecular weight excluding hydrogens is 264 g/mol. The molecule has 0 radical (unpaired) electrons. The van der Waals surface area contributed by atoms with Crippen LogP contribution < -0.4 is 0 Å². The summed E-state index contributed by atoms with van der Waals surface area (Å²) in [7, 11) is 1.88. The molecule has 1 fully saturated rings. The van der Waals surface area contributed by atoms with E-state index in [2.05, 4.69) is 4.98 Å². The van der Waals surface area contributed by atoms with Crippen LogP contribution in [0.3, 0.4) is 0 Å². The van der Waals surface area contributed by atoms with Crippen molar-refractivity contribution in [2.75, 3.05) is 12.9 Å². The van der Waals surface area contributed by atoms with Gasteiger partial charge < -0.3 is 9.32 Å². The first kappa shape index (κ1) is 13.0. The average Bonchev–Trinajstić information content (AvgIpc) is 2.94. The summed E-state index contributed by atoms with van der Waals surface area (Å²) in [6.07, 6.45) is 7.07. The number of fused-ring (bicyclic) bond motifs is 2. The molecule has 0 unspecified atom stereocenters. The zero-order valence-electron chi connectivity index (χ0n) is 11.2. The third-order valence-corrected chi connectivity index (χ3v) is 4.72. The smallest absolute Gasteiger partial charge is 0.276 e. The Hall–Kier alpha value is -1.03. The van der Waals surface area contributed by atoms with E-state index in [0.717, 1.165) is 37.9 Å². The standard InChI is InChI=1S/C14H19ClN2O2/c1-17-13(18)11-12(14(17)7-3-2-4-8-14)19-10(16-11)6-5-9-15/h2-9H2,1H3. The van der Waals surface area contributed by atoms with E-state index in [1.165, 1.54) is 6.42 Å². The second-order valence-electron chi connectivity index (χ2n) is 5.53. The lowest BCUT2D eigenvalue weighted by molar-refractivity contribution is 0.0456. The second kappa shape index (κ2) is 4.82. The SMILES string of the molecule is CN1C(=O)c2nc(CCCCl)oc2C12CCCCC2. The van der Waals surface area contributed by atoms with E-state index in [-0.39, 0.29) is 11.4 Å². The highest BCUT2D eigenvalue weighted by Gasteiger charge is 2.52. The Bertz CT molecular complexity index is 492. The van der Waals surface area contributed by atoms with Crippen LogP contribution in [-0.4, -0.2) is 28.7 Å². The summed E-state index contributed by atoms with van der Waals surface area (Å²) < 4.78 is 5.93. The van der Waals surface area contributed by atoms with Crippen LogP contribution in [0, 0.1) is 0 Å². The molecule has 104 valence electrons. The molecule has 1 aromatic heterocycles. The number of nitrogens with zero attached hydrogens (tertiary/aromatic N) is 2. The lowest BCUT2D eigenvalue weighted by atomic mass is 9.80. The van der Waals surface area contributed by atoms with Crippen LogP contribution in [0.5, 0.6) is 0 Å². The highest BCUT2D eigenvalue weighted by molar-refractivity contribution is 6.17. The first-order valence-corrected chi connectivity index (χ1v) is 7.57. The number of amides is 1. The molecule has 0 N–H and O–H groups in total. The minimum Gasteiger partial charge on any atom is -0.442 e. The predicted octanol–water partition coefficient (Wildman–Crippen LogP) is 3.09. The number of hydrogen-bond donors (Lipinski definition) is 0. The van der Waals surface area contributed by atoms with Gasteiger partial charge in [-0.15, -0.1) is 11.6 Å². The summed E-state index contributed by atoms with van der Waals surface area (Å²) in [6, 6.07) is 0. The minimum absolute atomic E-state index is 0.0118. The molecule has 1 amide bonds. The number of aromatic nitrogens is 1. The molecule has 1 aliphatic carbocycles. The van der Waals surface area contributed by atoms with Crippen molar-refractivity contribution in [1.29, 1.82) is 0 Å². The summed E-state index contributed by atoms with van der Waals surface area (Å²) >= 11 is 5.70. The summed E-state index contributed by atoms with van der Waals surface area (Å²) in [5, 5.41) is 0. The minimum atomic E-state index is -0.225. The maximum Gasteiger partial charge on any atom is 0.276 e. The number of rotatable bonds is 3. The van der Waals surface area contributed by atoms with Crippen molar-refractivity contribution in [3.63, 3.8) is 0 Å². The fraction of sp³-hybridized carbons (Fsp3) is 0.714. The molecule has 2 heterocycles. The molecule has 3 rings (SSSR count). The molecule has 5 heteroatoms. The van der Waals surface area contributed by atoms with Crippen molar-refractivity contribution in [2.45, 2.75) is 50.5 Å². The summed E-state index contributed by atoms with van der Waals surface area (Å²) in [6.45, 7) is 0. The van der Waals surface area contributed by atoms with E-state index in [1.54, 1.807) is 0 Å². The van der Waals surface area contributed by atoms with Crippen molar-refractivity contribution in [3.05, 3.63) is 17.3 Å².